The van der Waals surface area contributed by atoms with Gasteiger partial charge in [0.25, 0.3) is 0 Å². The van der Waals surface area contributed by atoms with Gasteiger partial charge in [-0.2, -0.15) is 4.98 Å². The fraction of sp³-hybridized carbons (Fsp3) is 0.824. The first-order chi connectivity index (χ1) is 11.8. The largest absolute Gasteiger partial charge is 0.378 e. The lowest BCUT2D eigenvalue weighted by molar-refractivity contribution is -0.133. The van der Waals surface area contributed by atoms with Crippen LogP contribution in [0.25, 0.3) is 0 Å². The molecule has 134 valence electrons. The highest BCUT2D eigenvalue weighted by Crippen LogP contribution is 2.25. The maximum absolute atomic E-state index is 12.4. The number of rotatable bonds is 7. The number of likely N-dealkylation sites (tertiary alicyclic amines) is 1. The van der Waals surface area contributed by atoms with Gasteiger partial charge in [-0.1, -0.05) is 12.1 Å². The molecule has 2 fully saturated rings. The summed E-state index contributed by atoms with van der Waals surface area (Å²) >= 11 is 0. The molecule has 2 saturated heterocycles. The summed E-state index contributed by atoms with van der Waals surface area (Å²) in [6, 6.07) is 0. The summed E-state index contributed by atoms with van der Waals surface area (Å²) in [5, 5.41) is 4.06. The number of carbonyl (C=O) groups is 1. The van der Waals surface area contributed by atoms with Crippen molar-refractivity contribution in [1.29, 1.82) is 0 Å². The number of piperidine rings is 1. The highest BCUT2D eigenvalue weighted by Gasteiger charge is 2.27. The van der Waals surface area contributed by atoms with Gasteiger partial charge < -0.3 is 18.9 Å². The van der Waals surface area contributed by atoms with Crippen molar-refractivity contribution in [2.45, 2.75) is 57.5 Å². The number of nitrogens with zero attached hydrogens (tertiary/aromatic N) is 3. The molecule has 0 bridgehead atoms. The predicted molar refractivity (Wildman–Crippen MR) is 86.6 cm³/mol. The first-order valence-corrected chi connectivity index (χ1v) is 9.06. The third-order valence-electron chi connectivity index (χ3n) is 4.71. The average molecular weight is 337 g/mol. The normalized spacial score (nSPS) is 24.5. The molecule has 2 aliphatic rings. The molecule has 0 radical (unpaired) electrons. The highest BCUT2D eigenvalue weighted by molar-refractivity contribution is 5.76. The van der Waals surface area contributed by atoms with E-state index in [2.05, 4.69) is 10.1 Å². The van der Waals surface area contributed by atoms with Crippen LogP contribution in [0.2, 0.25) is 0 Å². The van der Waals surface area contributed by atoms with E-state index in [4.69, 9.17) is 14.0 Å². The Morgan fingerprint density at radius 3 is 3.04 bits per heavy atom. The average Bonchev–Trinajstić information content (AvgIpc) is 3.30. The smallest absolute Gasteiger partial charge is 0.226 e. The number of amides is 1. The molecular formula is C17H27N3O4. The third kappa shape index (κ3) is 4.54. The molecule has 7 heteroatoms. The van der Waals surface area contributed by atoms with Crippen LogP contribution in [0, 0.1) is 0 Å². The van der Waals surface area contributed by atoms with Crippen LogP contribution in [-0.2, 0) is 20.7 Å². The summed E-state index contributed by atoms with van der Waals surface area (Å²) in [5.74, 6) is 1.72. The quantitative estimate of drug-likeness (QED) is 0.708. The van der Waals surface area contributed by atoms with Gasteiger partial charge in [0.15, 0.2) is 5.82 Å². The van der Waals surface area contributed by atoms with E-state index in [1.165, 1.54) is 0 Å². The molecule has 0 aliphatic carbocycles. The van der Waals surface area contributed by atoms with E-state index in [-0.39, 0.29) is 17.9 Å². The molecule has 0 N–H and O–H groups in total. The first-order valence-electron chi connectivity index (χ1n) is 9.06. The molecular weight excluding hydrogens is 310 g/mol. The van der Waals surface area contributed by atoms with Gasteiger partial charge in [-0.25, -0.2) is 0 Å². The van der Waals surface area contributed by atoms with Gasteiger partial charge in [0.2, 0.25) is 11.8 Å². The maximum atomic E-state index is 12.4. The second-order valence-electron chi connectivity index (χ2n) is 6.54. The Morgan fingerprint density at radius 2 is 2.29 bits per heavy atom. The van der Waals surface area contributed by atoms with Crippen LogP contribution in [-0.4, -0.2) is 60.0 Å². The van der Waals surface area contributed by atoms with Crippen LogP contribution in [0.5, 0.6) is 0 Å². The topological polar surface area (TPSA) is 77.7 Å². The van der Waals surface area contributed by atoms with Crippen LogP contribution in [0.15, 0.2) is 4.52 Å². The molecule has 1 amide bonds. The summed E-state index contributed by atoms with van der Waals surface area (Å²) in [6.07, 6.45) is 5.52. The zero-order chi connectivity index (χ0) is 16.8. The van der Waals surface area contributed by atoms with E-state index < -0.39 is 0 Å². The standard InChI is InChI=1S/C17H27N3O4/c1-2-15-18-17(19-24-15)13-5-3-8-20(11-13)16(21)7-10-22-12-14-6-4-9-23-14/h13-14H,2-12H2,1H3. The minimum absolute atomic E-state index is 0.145. The molecule has 2 unspecified atom stereocenters. The first kappa shape index (κ1) is 17.4. The molecule has 3 heterocycles. The van der Waals surface area contributed by atoms with Crippen molar-refractivity contribution in [2.75, 3.05) is 32.9 Å². The maximum Gasteiger partial charge on any atom is 0.226 e. The molecule has 2 aliphatic heterocycles. The molecule has 0 aromatic carbocycles. The van der Waals surface area contributed by atoms with Crippen molar-refractivity contribution in [3.8, 4) is 0 Å². The second-order valence-corrected chi connectivity index (χ2v) is 6.54. The van der Waals surface area contributed by atoms with Crippen molar-refractivity contribution in [1.82, 2.24) is 15.0 Å². The van der Waals surface area contributed by atoms with E-state index in [0.717, 1.165) is 51.1 Å². The minimum atomic E-state index is 0.145. The van der Waals surface area contributed by atoms with Crippen LogP contribution >= 0.6 is 0 Å². The summed E-state index contributed by atoms with van der Waals surface area (Å²) in [6.45, 7) is 5.36. The summed E-state index contributed by atoms with van der Waals surface area (Å²) in [4.78, 5) is 18.7. The van der Waals surface area contributed by atoms with Crippen LogP contribution < -0.4 is 0 Å². The Morgan fingerprint density at radius 1 is 1.38 bits per heavy atom. The Bertz CT molecular complexity index is 528. The van der Waals surface area contributed by atoms with Crippen molar-refractivity contribution >= 4 is 5.91 Å². The van der Waals surface area contributed by atoms with Crippen molar-refractivity contribution in [2.24, 2.45) is 0 Å². The number of carbonyl (C=O) groups excluding carboxylic acids is 1. The van der Waals surface area contributed by atoms with Crippen LogP contribution in [0.1, 0.15) is 56.7 Å². The van der Waals surface area contributed by atoms with Gasteiger partial charge in [0.05, 0.1) is 25.7 Å². The van der Waals surface area contributed by atoms with Crippen molar-refractivity contribution in [3.05, 3.63) is 11.7 Å². The summed E-state index contributed by atoms with van der Waals surface area (Å²) in [7, 11) is 0. The van der Waals surface area contributed by atoms with E-state index in [1.807, 2.05) is 11.8 Å². The molecule has 0 saturated carbocycles. The highest BCUT2D eigenvalue weighted by atomic mass is 16.5. The van der Waals surface area contributed by atoms with Crippen LogP contribution in [0.4, 0.5) is 0 Å². The number of aromatic nitrogens is 2. The lowest BCUT2D eigenvalue weighted by atomic mass is 9.97. The van der Waals surface area contributed by atoms with Crippen molar-refractivity contribution in [3.63, 3.8) is 0 Å². The SMILES string of the molecule is CCc1nc(C2CCCN(C(=O)CCOCC3CCCO3)C2)no1. The summed E-state index contributed by atoms with van der Waals surface area (Å²) < 4.78 is 16.3. The van der Waals surface area contributed by atoms with Gasteiger partial charge in [0.1, 0.15) is 0 Å². The minimum Gasteiger partial charge on any atom is -0.378 e. The van der Waals surface area contributed by atoms with E-state index in [0.29, 0.717) is 32.1 Å². The Kier molecular flexibility index (Phi) is 6.20. The Labute approximate surface area is 142 Å². The van der Waals surface area contributed by atoms with Gasteiger partial charge in [-0.3, -0.25) is 4.79 Å². The Hall–Kier alpha value is -1.47. The van der Waals surface area contributed by atoms with Gasteiger partial charge in [-0.15, -0.1) is 0 Å². The molecule has 7 nitrogen and oxygen atoms in total. The Balaban J connectivity index is 1.41. The van der Waals surface area contributed by atoms with Crippen molar-refractivity contribution < 1.29 is 18.8 Å². The van der Waals surface area contributed by atoms with Gasteiger partial charge in [-0.05, 0) is 25.7 Å². The fourth-order valence-corrected chi connectivity index (χ4v) is 3.30. The monoisotopic (exact) mass is 337 g/mol. The molecule has 24 heavy (non-hydrogen) atoms. The zero-order valence-corrected chi connectivity index (χ0v) is 14.4. The van der Waals surface area contributed by atoms with E-state index in [1.54, 1.807) is 0 Å². The van der Waals surface area contributed by atoms with Gasteiger partial charge >= 0.3 is 0 Å². The number of hydrogen-bond acceptors (Lipinski definition) is 6. The fourth-order valence-electron chi connectivity index (χ4n) is 3.30. The second kappa shape index (κ2) is 8.58. The molecule has 2 atom stereocenters. The number of aryl methyl sites for hydroxylation is 1. The van der Waals surface area contributed by atoms with E-state index >= 15 is 0 Å². The van der Waals surface area contributed by atoms with E-state index in [9.17, 15) is 4.79 Å². The van der Waals surface area contributed by atoms with Gasteiger partial charge in [0, 0.05) is 32.0 Å². The number of hydrogen-bond donors (Lipinski definition) is 0. The lowest BCUT2D eigenvalue weighted by Crippen LogP contribution is -2.39. The predicted octanol–water partition coefficient (Wildman–Crippen LogP) is 1.92. The zero-order valence-electron chi connectivity index (χ0n) is 14.4. The van der Waals surface area contributed by atoms with Crippen LogP contribution in [0.3, 0.4) is 0 Å². The summed E-state index contributed by atoms with van der Waals surface area (Å²) in [5.41, 5.74) is 0. The number of ether oxygens (including phenoxy) is 2. The molecule has 1 aromatic rings. The lowest BCUT2D eigenvalue weighted by Gasteiger charge is -2.31. The molecule has 3 rings (SSSR count). The molecule has 1 aromatic heterocycles. The third-order valence-corrected chi connectivity index (χ3v) is 4.71. The molecule has 0 spiro atoms.